The van der Waals surface area contributed by atoms with Gasteiger partial charge in [0.15, 0.2) is 0 Å². The molecule has 2 rings (SSSR count). The van der Waals surface area contributed by atoms with Gasteiger partial charge in [-0.3, -0.25) is 0 Å². The lowest BCUT2D eigenvalue weighted by atomic mass is 10.3. The minimum absolute atomic E-state index is 0.122. The first-order valence-corrected chi connectivity index (χ1v) is 5.38. The Bertz CT molecular complexity index is 502. The molecule has 0 aliphatic carbocycles. The molecule has 3 nitrogen and oxygen atoms in total. The van der Waals surface area contributed by atoms with E-state index in [1.165, 1.54) is 0 Å². The summed E-state index contributed by atoms with van der Waals surface area (Å²) in [5.41, 5.74) is 1.62. The van der Waals surface area contributed by atoms with Gasteiger partial charge in [0, 0.05) is 27.6 Å². The molecule has 1 heterocycles. The summed E-state index contributed by atoms with van der Waals surface area (Å²) in [5.74, 6) is 0. The molecule has 0 fully saturated rings. The second-order valence-corrected chi connectivity index (χ2v) is 4.16. The van der Waals surface area contributed by atoms with E-state index in [1.807, 2.05) is 22.9 Å². The van der Waals surface area contributed by atoms with Crippen molar-refractivity contribution in [3.8, 4) is 5.69 Å². The number of nitroso groups, excluding NO2 is 1. The quantitative estimate of drug-likeness (QED) is 0.762. The Morgan fingerprint density at radius 2 is 1.88 bits per heavy atom. The largest absolute Gasteiger partial charge is 0.319 e. The Morgan fingerprint density at radius 1 is 1.19 bits per heavy atom. The SMILES string of the molecule is O=NCc1cccn1-c1cc(Cl)cc(Cl)c1. The summed E-state index contributed by atoms with van der Waals surface area (Å²) < 4.78 is 1.83. The number of nitrogens with zero attached hydrogens (tertiary/aromatic N) is 2. The molecule has 0 saturated heterocycles. The Labute approximate surface area is 103 Å². The van der Waals surface area contributed by atoms with Crippen LogP contribution in [-0.2, 0) is 6.54 Å². The molecule has 5 heteroatoms. The summed E-state index contributed by atoms with van der Waals surface area (Å²) in [4.78, 5) is 10.3. The summed E-state index contributed by atoms with van der Waals surface area (Å²) in [5, 5.41) is 3.99. The number of hydrogen-bond acceptors (Lipinski definition) is 2. The molecule has 0 amide bonds. The van der Waals surface area contributed by atoms with E-state index in [9.17, 15) is 4.91 Å². The molecule has 0 aliphatic heterocycles. The Kier molecular flexibility index (Phi) is 3.27. The van der Waals surface area contributed by atoms with Gasteiger partial charge in [-0.25, -0.2) is 0 Å². The van der Waals surface area contributed by atoms with E-state index in [1.54, 1.807) is 18.2 Å². The van der Waals surface area contributed by atoms with Crippen LogP contribution in [0.15, 0.2) is 41.7 Å². The number of hydrogen-bond donors (Lipinski definition) is 0. The van der Waals surface area contributed by atoms with E-state index in [0.717, 1.165) is 11.4 Å². The van der Waals surface area contributed by atoms with E-state index in [2.05, 4.69) is 5.18 Å². The van der Waals surface area contributed by atoms with Crippen molar-refractivity contribution in [3.63, 3.8) is 0 Å². The van der Waals surface area contributed by atoms with Gasteiger partial charge in [0.1, 0.15) is 6.54 Å². The van der Waals surface area contributed by atoms with Crippen molar-refractivity contribution >= 4 is 23.2 Å². The lowest BCUT2D eigenvalue weighted by Crippen LogP contribution is -1.97. The van der Waals surface area contributed by atoms with Crippen LogP contribution in [0.25, 0.3) is 5.69 Å². The van der Waals surface area contributed by atoms with E-state index in [4.69, 9.17) is 23.2 Å². The Hall–Kier alpha value is -1.32. The fraction of sp³-hybridized carbons (Fsp3) is 0.0909. The molecule has 2 aromatic rings. The minimum Gasteiger partial charge on any atom is -0.319 e. The van der Waals surface area contributed by atoms with Gasteiger partial charge >= 0.3 is 0 Å². The molecule has 82 valence electrons. The summed E-state index contributed by atoms with van der Waals surface area (Å²) in [6, 6.07) is 8.89. The molecule has 16 heavy (non-hydrogen) atoms. The zero-order chi connectivity index (χ0) is 11.5. The lowest BCUT2D eigenvalue weighted by Gasteiger charge is -2.08. The summed E-state index contributed by atoms with van der Waals surface area (Å²) in [7, 11) is 0. The molecule has 0 aliphatic rings. The van der Waals surface area contributed by atoms with Crippen molar-refractivity contribution < 1.29 is 0 Å². The third-order valence-corrected chi connectivity index (χ3v) is 2.62. The summed E-state index contributed by atoms with van der Waals surface area (Å²) >= 11 is 11.8. The highest BCUT2D eigenvalue weighted by Crippen LogP contribution is 2.23. The molecule has 0 N–H and O–H groups in total. The van der Waals surface area contributed by atoms with Crippen molar-refractivity contribution in [2.24, 2.45) is 5.18 Å². The van der Waals surface area contributed by atoms with Gasteiger partial charge in [-0.05, 0) is 30.3 Å². The van der Waals surface area contributed by atoms with Crippen molar-refractivity contribution in [1.29, 1.82) is 0 Å². The average molecular weight is 255 g/mol. The zero-order valence-corrected chi connectivity index (χ0v) is 9.74. The maximum Gasteiger partial charge on any atom is 0.121 e. The zero-order valence-electron chi connectivity index (χ0n) is 8.23. The second-order valence-electron chi connectivity index (χ2n) is 3.28. The number of benzene rings is 1. The second kappa shape index (κ2) is 4.68. The number of aromatic nitrogens is 1. The first-order valence-electron chi connectivity index (χ1n) is 4.62. The smallest absolute Gasteiger partial charge is 0.121 e. The highest BCUT2D eigenvalue weighted by atomic mass is 35.5. The Balaban J connectivity index is 2.49. The van der Waals surface area contributed by atoms with Crippen LogP contribution in [0.1, 0.15) is 5.69 Å². The number of halogens is 2. The monoisotopic (exact) mass is 254 g/mol. The van der Waals surface area contributed by atoms with Gasteiger partial charge in [-0.1, -0.05) is 28.4 Å². The van der Waals surface area contributed by atoms with Gasteiger partial charge in [-0.15, -0.1) is 0 Å². The third kappa shape index (κ3) is 2.26. The molecule has 0 bridgehead atoms. The first kappa shape index (κ1) is 11.2. The molecule has 0 atom stereocenters. The van der Waals surface area contributed by atoms with Crippen molar-refractivity contribution in [1.82, 2.24) is 4.57 Å². The predicted octanol–water partition coefficient (Wildman–Crippen LogP) is 4.05. The number of rotatable bonds is 3. The highest BCUT2D eigenvalue weighted by Gasteiger charge is 2.05. The van der Waals surface area contributed by atoms with E-state index in [0.29, 0.717) is 10.0 Å². The third-order valence-electron chi connectivity index (χ3n) is 2.19. The van der Waals surface area contributed by atoms with Crippen molar-refractivity contribution in [3.05, 3.63) is 57.2 Å². The van der Waals surface area contributed by atoms with Crippen LogP contribution >= 0.6 is 23.2 Å². The minimum atomic E-state index is 0.122. The fourth-order valence-corrected chi connectivity index (χ4v) is 2.06. The van der Waals surface area contributed by atoms with Crippen LogP contribution in [0, 0.1) is 4.91 Å². The van der Waals surface area contributed by atoms with Gasteiger partial charge < -0.3 is 4.57 Å². The predicted molar refractivity (Wildman–Crippen MR) is 65.3 cm³/mol. The van der Waals surface area contributed by atoms with Crippen LogP contribution in [0.4, 0.5) is 0 Å². The van der Waals surface area contributed by atoms with Crippen molar-refractivity contribution in [2.75, 3.05) is 0 Å². The molecular weight excluding hydrogens is 247 g/mol. The molecule has 1 aromatic heterocycles. The van der Waals surface area contributed by atoms with Crippen LogP contribution in [-0.4, -0.2) is 4.57 Å². The molecule has 0 saturated carbocycles. The van der Waals surface area contributed by atoms with Crippen LogP contribution in [0.3, 0.4) is 0 Å². The molecule has 0 unspecified atom stereocenters. The first-order chi connectivity index (χ1) is 7.70. The van der Waals surface area contributed by atoms with Crippen LogP contribution < -0.4 is 0 Å². The van der Waals surface area contributed by atoms with Gasteiger partial charge in [0.25, 0.3) is 0 Å². The van der Waals surface area contributed by atoms with Gasteiger partial charge in [-0.2, -0.15) is 4.91 Å². The van der Waals surface area contributed by atoms with E-state index >= 15 is 0 Å². The standard InChI is InChI=1S/C11H8Cl2N2O/c12-8-4-9(13)6-11(5-8)15-3-1-2-10(15)7-14-16/h1-6H,7H2. The Morgan fingerprint density at radius 3 is 2.50 bits per heavy atom. The maximum absolute atomic E-state index is 10.3. The van der Waals surface area contributed by atoms with Crippen molar-refractivity contribution in [2.45, 2.75) is 6.54 Å². The molecule has 0 spiro atoms. The summed E-state index contributed by atoms with van der Waals surface area (Å²) in [6.45, 7) is 0.122. The maximum atomic E-state index is 10.3. The van der Waals surface area contributed by atoms with Crippen LogP contribution in [0.2, 0.25) is 10.0 Å². The lowest BCUT2D eigenvalue weighted by molar-refractivity contribution is 0.907. The average Bonchev–Trinajstić information content (AvgIpc) is 2.65. The van der Waals surface area contributed by atoms with Gasteiger partial charge in [0.2, 0.25) is 0 Å². The highest BCUT2D eigenvalue weighted by molar-refractivity contribution is 6.34. The summed E-state index contributed by atoms with van der Waals surface area (Å²) in [6.07, 6.45) is 1.84. The van der Waals surface area contributed by atoms with Gasteiger partial charge in [0.05, 0.1) is 0 Å². The molecule has 0 radical (unpaired) electrons. The topological polar surface area (TPSA) is 34.4 Å². The van der Waals surface area contributed by atoms with E-state index < -0.39 is 0 Å². The fourth-order valence-electron chi connectivity index (χ4n) is 1.54. The van der Waals surface area contributed by atoms with Crippen LogP contribution in [0.5, 0.6) is 0 Å². The molecular formula is C11H8Cl2N2O. The van der Waals surface area contributed by atoms with E-state index in [-0.39, 0.29) is 6.54 Å². The molecule has 1 aromatic carbocycles. The normalized spacial score (nSPS) is 10.4.